The number of benzene rings is 1. The first-order valence-corrected chi connectivity index (χ1v) is 8.97. The minimum atomic E-state index is -0.115. The summed E-state index contributed by atoms with van der Waals surface area (Å²) in [4.78, 5) is 21.4. The number of carbonyl (C=O) groups excluding carboxylic acids is 1. The van der Waals surface area contributed by atoms with Crippen molar-refractivity contribution < 1.29 is 9.21 Å². The van der Waals surface area contributed by atoms with Gasteiger partial charge in [0.1, 0.15) is 11.6 Å². The SMILES string of the molecule is O=C([C@H]1CCCN1c1nc2ccccc2o1)N1CCSCC1. The quantitative estimate of drug-likeness (QED) is 0.851. The summed E-state index contributed by atoms with van der Waals surface area (Å²) >= 11 is 1.92. The number of hydrogen-bond donors (Lipinski definition) is 0. The number of carbonyl (C=O) groups is 1. The molecule has 0 spiro atoms. The molecule has 22 heavy (non-hydrogen) atoms. The highest BCUT2D eigenvalue weighted by atomic mass is 32.2. The molecule has 0 bridgehead atoms. The van der Waals surface area contributed by atoms with E-state index in [0.717, 1.165) is 55.1 Å². The van der Waals surface area contributed by atoms with Gasteiger partial charge in [-0.1, -0.05) is 12.1 Å². The second-order valence-corrected chi connectivity index (χ2v) is 6.98. The number of oxazole rings is 1. The van der Waals surface area contributed by atoms with Crippen molar-refractivity contribution in [2.75, 3.05) is 36.0 Å². The van der Waals surface area contributed by atoms with Gasteiger partial charge in [-0.3, -0.25) is 4.79 Å². The summed E-state index contributed by atoms with van der Waals surface area (Å²) in [6.07, 6.45) is 1.90. The second-order valence-electron chi connectivity index (χ2n) is 5.75. The van der Waals surface area contributed by atoms with Crippen molar-refractivity contribution in [3.8, 4) is 0 Å². The summed E-state index contributed by atoms with van der Waals surface area (Å²) in [6.45, 7) is 2.56. The fraction of sp³-hybridized carbons (Fsp3) is 0.500. The van der Waals surface area contributed by atoms with Gasteiger partial charge in [0, 0.05) is 31.1 Å². The fourth-order valence-corrected chi connectivity index (χ4v) is 4.13. The normalized spacial score (nSPS) is 22.5. The van der Waals surface area contributed by atoms with E-state index >= 15 is 0 Å². The van der Waals surface area contributed by atoms with Crippen LogP contribution in [0.3, 0.4) is 0 Å². The van der Waals surface area contributed by atoms with Gasteiger partial charge >= 0.3 is 0 Å². The van der Waals surface area contributed by atoms with E-state index in [0.29, 0.717) is 6.01 Å². The number of amides is 1. The van der Waals surface area contributed by atoms with E-state index in [1.54, 1.807) is 0 Å². The van der Waals surface area contributed by atoms with Gasteiger partial charge in [0.25, 0.3) is 6.01 Å². The Morgan fingerprint density at radius 2 is 2.05 bits per heavy atom. The van der Waals surface area contributed by atoms with Crippen LogP contribution in [-0.2, 0) is 4.79 Å². The van der Waals surface area contributed by atoms with Gasteiger partial charge in [-0.15, -0.1) is 0 Å². The molecule has 0 aliphatic carbocycles. The first-order chi connectivity index (χ1) is 10.8. The third-order valence-corrected chi connectivity index (χ3v) is 5.33. The molecule has 1 aromatic carbocycles. The smallest absolute Gasteiger partial charge is 0.299 e. The van der Waals surface area contributed by atoms with Gasteiger partial charge in [0.15, 0.2) is 5.58 Å². The Bertz CT molecular complexity index is 648. The third-order valence-electron chi connectivity index (χ3n) is 4.39. The standard InChI is InChI=1S/C16H19N3O2S/c20-15(18-8-10-22-11-9-18)13-5-3-7-19(13)16-17-12-4-1-2-6-14(12)21-16/h1-2,4,6,13H,3,5,7-11H2/t13-/m1/s1. The summed E-state index contributed by atoms with van der Waals surface area (Å²) < 4.78 is 5.86. The molecule has 3 heterocycles. The maximum Gasteiger partial charge on any atom is 0.299 e. The highest BCUT2D eigenvalue weighted by Crippen LogP contribution is 2.29. The van der Waals surface area contributed by atoms with Crippen LogP contribution < -0.4 is 4.90 Å². The van der Waals surface area contributed by atoms with Gasteiger partial charge in [-0.05, 0) is 25.0 Å². The van der Waals surface area contributed by atoms with Crippen molar-refractivity contribution in [3.63, 3.8) is 0 Å². The molecule has 6 heteroatoms. The monoisotopic (exact) mass is 317 g/mol. The van der Waals surface area contributed by atoms with Crippen LogP contribution in [0.15, 0.2) is 28.7 Å². The molecule has 2 fully saturated rings. The number of hydrogen-bond acceptors (Lipinski definition) is 5. The molecule has 0 N–H and O–H groups in total. The van der Waals surface area contributed by atoms with Crippen LogP contribution in [0.4, 0.5) is 6.01 Å². The van der Waals surface area contributed by atoms with Crippen molar-refractivity contribution >= 4 is 34.8 Å². The molecule has 2 saturated heterocycles. The van der Waals surface area contributed by atoms with E-state index in [4.69, 9.17) is 4.42 Å². The number of aromatic nitrogens is 1. The van der Waals surface area contributed by atoms with Gasteiger partial charge in [-0.25, -0.2) is 0 Å². The first kappa shape index (κ1) is 13.9. The molecule has 0 saturated carbocycles. The van der Waals surface area contributed by atoms with Crippen LogP contribution in [0.1, 0.15) is 12.8 Å². The molecular formula is C16H19N3O2S. The Balaban J connectivity index is 1.58. The molecule has 2 aliphatic rings. The average molecular weight is 317 g/mol. The Kier molecular flexibility index (Phi) is 3.70. The van der Waals surface area contributed by atoms with Crippen molar-refractivity contribution in [1.82, 2.24) is 9.88 Å². The Morgan fingerprint density at radius 3 is 2.86 bits per heavy atom. The zero-order valence-electron chi connectivity index (χ0n) is 12.4. The predicted molar refractivity (Wildman–Crippen MR) is 88.3 cm³/mol. The van der Waals surface area contributed by atoms with Crippen LogP contribution in [0, 0.1) is 0 Å². The highest BCUT2D eigenvalue weighted by molar-refractivity contribution is 7.99. The van der Waals surface area contributed by atoms with E-state index in [-0.39, 0.29) is 11.9 Å². The second kappa shape index (κ2) is 5.83. The van der Waals surface area contributed by atoms with Gasteiger partial charge in [-0.2, -0.15) is 16.7 Å². The van der Waals surface area contributed by atoms with Crippen LogP contribution >= 0.6 is 11.8 Å². The van der Waals surface area contributed by atoms with E-state index < -0.39 is 0 Å². The molecule has 5 nitrogen and oxygen atoms in total. The molecule has 2 aromatic rings. The number of nitrogens with zero attached hydrogens (tertiary/aromatic N) is 3. The molecule has 4 rings (SSSR count). The van der Waals surface area contributed by atoms with E-state index in [1.165, 1.54) is 0 Å². The number of anilines is 1. The van der Waals surface area contributed by atoms with E-state index in [1.807, 2.05) is 45.8 Å². The summed E-state index contributed by atoms with van der Waals surface area (Å²) in [5, 5.41) is 0. The zero-order chi connectivity index (χ0) is 14.9. The summed E-state index contributed by atoms with van der Waals surface area (Å²) in [5.74, 6) is 2.32. The predicted octanol–water partition coefficient (Wildman–Crippen LogP) is 2.37. The lowest BCUT2D eigenvalue weighted by atomic mass is 10.2. The highest BCUT2D eigenvalue weighted by Gasteiger charge is 2.36. The fourth-order valence-electron chi connectivity index (χ4n) is 3.23. The molecule has 0 radical (unpaired) electrons. The van der Waals surface area contributed by atoms with Gasteiger partial charge < -0.3 is 14.2 Å². The zero-order valence-corrected chi connectivity index (χ0v) is 13.2. The maximum absolute atomic E-state index is 12.8. The lowest BCUT2D eigenvalue weighted by Gasteiger charge is -2.31. The van der Waals surface area contributed by atoms with Crippen molar-refractivity contribution in [2.45, 2.75) is 18.9 Å². The van der Waals surface area contributed by atoms with Crippen LogP contribution in [0.2, 0.25) is 0 Å². The largest absolute Gasteiger partial charge is 0.423 e. The molecular weight excluding hydrogens is 298 g/mol. The Morgan fingerprint density at radius 1 is 1.23 bits per heavy atom. The average Bonchev–Trinajstić information content (AvgIpc) is 3.21. The molecule has 1 amide bonds. The number of thioether (sulfide) groups is 1. The van der Waals surface area contributed by atoms with E-state index in [9.17, 15) is 4.79 Å². The maximum atomic E-state index is 12.8. The topological polar surface area (TPSA) is 49.6 Å². The first-order valence-electron chi connectivity index (χ1n) is 7.82. The third kappa shape index (κ3) is 2.45. The summed E-state index contributed by atoms with van der Waals surface area (Å²) in [5.41, 5.74) is 1.63. The lowest BCUT2D eigenvalue weighted by molar-refractivity contribution is -0.132. The van der Waals surface area contributed by atoms with Crippen LogP contribution in [0.5, 0.6) is 0 Å². The number of rotatable bonds is 2. The molecule has 1 aromatic heterocycles. The minimum absolute atomic E-state index is 0.115. The molecule has 1 atom stereocenters. The van der Waals surface area contributed by atoms with Crippen molar-refractivity contribution in [3.05, 3.63) is 24.3 Å². The summed E-state index contributed by atoms with van der Waals surface area (Å²) in [6, 6.07) is 8.22. The minimum Gasteiger partial charge on any atom is -0.423 e. The van der Waals surface area contributed by atoms with Crippen molar-refractivity contribution in [2.24, 2.45) is 0 Å². The number of fused-ring (bicyclic) bond motifs is 1. The van der Waals surface area contributed by atoms with Crippen LogP contribution in [-0.4, -0.2) is 53.0 Å². The molecule has 116 valence electrons. The summed E-state index contributed by atoms with van der Waals surface area (Å²) in [7, 11) is 0. The van der Waals surface area contributed by atoms with Crippen molar-refractivity contribution in [1.29, 1.82) is 0 Å². The number of para-hydroxylation sites is 2. The Labute approximate surface area is 133 Å². The Hall–Kier alpha value is -1.69. The molecule has 0 unspecified atom stereocenters. The lowest BCUT2D eigenvalue weighted by Crippen LogP contribution is -2.48. The van der Waals surface area contributed by atoms with Gasteiger partial charge in [0.2, 0.25) is 5.91 Å². The molecule has 2 aliphatic heterocycles. The van der Waals surface area contributed by atoms with Crippen LogP contribution in [0.25, 0.3) is 11.1 Å². The van der Waals surface area contributed by atoms with Gasteiger partial charge in [0.05, 0.1) is 0 Å². The van der Waals surface area contributed by atoms with E-state index in [2.05, 4.69) is 4.98 Å².